The zero-order valence-electron chi connectivity index (χ0n) is 9.80. The van der Waals surface area contributed by atoms with Gasteiger partial charge in [0, 0.05) is 13.0 Å². The maximum atomic E-state index is 11.9. The molecule has 1 unspecified atom stereocenters. The Bertz CT molecular complexity index is 463. The Morgan fingerprint density at radius 1 is 1.59 bits per heavy atom. The lowest BCUT2D eigenvalue weighted by Gasteiger charge is -2.09. The highest BCUT2D eigenvalue weighted by atomic mass is 16.4. The Hall–Kier alpha value is -1.85. The fourth-order valence-electron chi connectivity index (χ4n) is 1.80. The van der Waals surface area contributed by atoms with Gasteiger partial charge in [0.2, 0.25) is 0 Å². The molecule has 2 N–H and O–H groups in total. The summed E-state index contributed by atoms with van der Waals surface area (Å²) in [6, 6.07) is -0.894. The Balaban J connectivity index is 2.16. The van der Waals surface area contributed by atoms with Crippen LogP contribution in [-0.4, -0.2) is 32.8 Å². The molecule has 6 heteroatoms. The standard InChI is InChI=1S/C11H15N3O3/c1-6(11(16)17)13-10(15)8-5-12-14(2)9(8)7-3-4-7/h5-7H,3-4H2,1-2H3,(H,13,15)(H,16,17). The number of carbonyl (C=O) groups excluding carboxylic acids is 1. The highest BCUT2D eigenvalue weighted by molar-refractivity contribution is 5.97. The molecule has 1 aromatic rings. The van der Waals surface area contributed by atoms with E-state index < -0.39 is 12.0 Å². The number of carbonyl (C=O) groups is 2. The van der Waals surface area contributed by atoms with E-state index in [0.29, 0.717) is 11.5 Å². The summed E-state index contributed by atoms with van der Waals surface area (Å²) in [7, 11) is 1.80. The van der Waals surface area contributed by atoms with Gasteiger partial charge in [-0.2, -0.15) is 5.10 Å². The average molecular weight is 237 g/mol. The Labute approximate surface area is 98.6 Å². The molecule has 0 spiro atoms. The summed E-state index contributed by atoms with van der Waals surface area (Å²) in [5.41, 5.74) is 1.39. The Morgan fingerprint density at radius 3 is 2.76 bits per heavy atom. The number of nitrogens with zero attached hydrogens (tertiary/aromatic N) is 2. The van der Waals surface area contributed by atoms with Gasteiger partial charge in [-0.15, -0.1) is 0 Å². The number of carboxylic acids is 1. The first-order valence-corrected chi connectivity index (χ1v) is 5.56. The van der Waals surface area contributed by atoms with E-state index in [2.05, 4.69) is 10.4 Å². The number of amides is 1. The molecule has 0 radical (unpaired) electrons. The molecule has 2 rings (SSSR count). The minimum atomic E-state index is -1.05. The number of aliphatic carboxylic acids is 1. The van der Waals surface area contributed by atoms with Gasteiger partial charge in [-0.1, -0.05) is 0 Å². The molecule has 1 aliphatic carbocycles. The van der Waals surface area contributed by atoms with E-state index in [1.165, 1.54) is 13.1 Å². The average Bonchev–Trinajstić information content (AvgIpc) is 3.01. The number of hydrogen-bond donors (Lipinski definition) is 2. The third-order valence-electron chi connectivity index (χ3n) is 2.91. The first-order chi connectivity index (χ1) is 8.00. The van der Waals surface area contributed by atoms with Crippen molar-refractivity contribution in [1.29, 1.82) is 0 Å². The number of carboxylic acid groups (broad SMARTS) is 1. The molecule has 1 heterocycles. The Kier molecular flexibility index (Phi) is 2.87. The second kappa shape index (κ2) is 4.20. The quantitative estimate of drug-likeness (QED) is 0.798. The van der Waals surface area contributed by atoms with Gasteiger partial charge < -0.3 is 10.4 Å². The lowest BCUT2D eigenvalue weighted by Crippen LogP contribution is -2.38. The maximum absolute atomic E-state index is 11.9. The topological polar surface area (TPSA) is 84.2 Å². The molecule has 0 bridgehead atoms. The molecule has 6 nitrogen and oxygen atoms in total. The summed E-state index contributed by atoms with van der Waals surface area (Å²) in [6.45, 7) is 1.44. The summed E-state index contributed by atoms with van der Waals surface area (Å²) >= 11 is 0. The van der Waals surface area contributed by atoms with Gasteiger partial charge in [0.15, 0.2) is 0 Å². The van der Waals surface area contributed by atoms with Gasteiger partial charge in [-0.05, 0) is 19.8 Å². The number of rotatable bonds is 4. The van der Waals surface area contributed by atoms with Crippen LogP contribution in [-0.2, 0) is 11.8 Å². The van der Waals surface area contributed by atoms with E-state index in [1.807, 2.05) is 0 Å². The van der Waals surface area contributed by atoms with Crippen molar-refractivity contribution < 1.29 is 14.7 Å². The summed E-state index contributed by atoms with van der Waals surface area (Å²) in [5.74, 6) is -1.02. The van der Waals surface area contributed by atoms with Crippen molar-refractivity contribution in [3.63, 3.8) is 0 Å². The molecule has 17 heavy (non-hydrogen) atoms. The van der Waals surface area contributed by atoms with E-state index in [4.69, 9.17) is 5.11 Å². The number of hydrogen-bond acceptors (Lipinski definition) is 3. The molecule has 1 saturated carbocycles. The van der Waals surface area contributed by atoms with Crippen LogP contribution >= 0.6 is 0 Å². The van der Waals surface area contributed by atoms with Crippen molar-refractivity contribution in [1.82, 2.24) is 15.1 Å². The molecule has 1 aliphatic rings. The smallest absolute Gasteiger partial charge is 0.325 e. The molecule has 0 aliphatic heterocycles. The lowest BCUT2D eigenvalue weighted by atomic mass is 10.1. The van der Waals surface area contributed by atoms with Crippen LogP contribution in [0.15, 0.2) is 6.20 Å². The van der Waals surface area contributed by atoms with Gasteiger partial charge in [-0.25, -0.2) is 0 Å². The summed E-state index contributed by atoms with van der Waals surface area (Å²) in [5, 5.41) is 15.2. The van der Waals surface area contributed by atoms with Crippen molar-refractivity contribution in [2.75, 3.05) is 0 Å². The molecule has 1 fully saturated rings. The SMILES string of the molecule is CC(NC(=O)c1cnn(C)c1C1CC1)C(=O)O. The predicted octanol–water partition coefficient (Wildman–Crippen LogP) is 0.500. The van der Waals surface area contributed by atoms with Crippen molar-refractivity contribution in [2.45, 2.75) is 31.7 Å². The van der Waals surface area contributed by atoms with Crippen molar-refractivity contribution in [3.05, 3.63) is 17.5 Å². The molecule has 92 valence electrons. The largest absolute Gasteiger partial charge is 0.480 e. The van der Waals surface area contributed by atoms with E-state index in [-0.39, 0.29) is 5.91 Å². The molecular weight excluding hydrogens is 222 g/mol. The summed E-state index contributed by atoms with van der Waals surface area (Å²) in [4.78, 5) is 22.6. The zero-order valence-corrected chi connectivity index (χ0v) is 9.80. The second-order valence-electron chi connectivity index (χ2n) is 4.37. The minimum Gasteiger partial charge on any atom is -0.480 e. The number of aryl methyl sites for hydroxylation is 1. The molecule has 1 atom stereocenters. The van der Waals surface area contributed by atoms with Crippen molar-refractivity contribution in [3.8, 4) is 0 Å². The van der Waals surface area contributed by atoms with Gasteiger partial charge in [0.1, 0.15) is 6.04 Å². The van der Waals surface area contributed by atoms with Gasteiger partial charge in [0.25, 0.3) is 5.91 Å². The minimum absolute atomic E-state index is 0.366. The fourth-order valence-corrected chi connectivity index (χ4v) is 1.80. The van der Waals surface area contributed by atoms with E-state index in [1.54, 1.807) is 11.7 Å². The van der Waals surface area contributed by atoms with Crippen LogP contribution in [0.3, 0.4) is 0 Å². The molecule has 0 saturated heterocycles. The van der Waals surface area contributed by atoms with Gasteiger partial charge in [-0.3, -0.25) is 14.3 Å². The first-order valence-electron chi connectivity index (χ1n) is 5.56. The zero-order chi connectivity index (χ0) is 12.6. The fraction of sp³-hybridized carbons (Fsp3) is 0.545. The van der Waals surface area contributed by atoms with Crippen LogP contribution in [0.5, 0.6) is 0 Å². The summed E-state index contributed by atoms with van der Waals surface area (Å²) in [6.07, 6.45) is 3.63. The second-order valence-corrected chi connectivity index (χ2v) is 4.37. The number of nitrogens with one attached hydrogen (secondary N) is 1. The van der Waals surface area contributed by atoms with Crippen LogP contribution in [0, 0.1) is 0 Å². The van der Waals surface area contributed by atoms with E-state index in [0.717, 1.165) is 18.5 Å². The normalized spacial score (nSPS) is 16.6. The monoisotopic (exact) mass is 237 g/mol. The molecule has 0 aromatic carbocycles. The molecular formula is C11H15N3O3. The predicted molar refractivity (Wildman–Crippen MR) is 59.7 cm³/mol. The lowest BCUT2D eigenvalue weighted by molar-refractivity contribution is -0.138. The van der Waals surface area contributed by atoms with Crippen LogP contribution in [0.25, 0.3) is 0 Å². The third-order valence-corrected chi connectivity index (χ3v) is 2.91. The van der Waals surface area contributed by atoms with Gasteiger partial charge >= 0.3 is 5.97 Å². The highest BCUT2D eigenvalue weighted by Gasteiger charge is 2.32. The van der Waals surface area contributed by atoms with Crippen LogP contribution in [0.4, 0.5) is 0 Å². The van der Waals surface area contributed by atoms with Crippen molar-refractivity contribution in [2.24, 2.45) is 7.05 Å². The van der Waals surface area contributed by atoms with Crippen LogP contribution < -0.4 is 5.32 Å². The van der Waals surface area contributed by atoms with Crippen LogP contribution in [0.2, 0.25) is 0 Å². The van der Waals surface area contributed by atoms with E-state index >= 15 is 0 Å². The highest BCUT2D eigenvalue weighted by Crippen LogP contribution is 2.41. The summed E-state index contributed by atoms with van der Waals surface area (Å²) < 4.78 is 1.69. The molecule has 1 amide bonds. The maximum Gasteiger partial charge on any atom is 0.325 e. The van der Waals surface area contributed by atoms with Gasteiger partial charge in [0.05, 0.1) is 17.5 Å². The number of aromatic nitrogens is 2. The van der Waals surface area contributed by atoms with Crippen LogP contribution in [0.1, 0.15) is 41.7 Å². The third kappa shape index (κ3) is 2.30. The first kappa shape index (κ1) is 11.6. The Morgan fingerprint density at radius 2 is 2.24 bits per heavy atom. The van der Waals surface area contributed by atoms with E-state index in [9.17, 15) is 9.59 Å². The van der Waals surface area contributed by atoms with Crippen molar-refractivity contribution >= 4 is 11.9 Å². The molecule has 1 aromatic heterocycles.